The molecule has 0 bridgehead atoms. The number of esters is 1. The van der Waals surface area contributed by atoms with Gasteiger partial charge in [-0.25, -0.2) is 4.79 Å². The molecule has 1 N–H and O–H groups in total. The van der Waals surface area contributed by atoms with Crippen LogP contribution in [0.15, 0.2) is 18.2 Å². The Hall–Kier alpha value is -1.84. The molecule has 126 valence electrons. The first-order chi connectivity index (χ1) is 11.0. The molecule has 1 amide bonds. The zero-order valence-corrected chi connectivity index (χ0v) is 14.4. The summed E-state index contributed by atoms with van der Waals surface area (Å²) in [5.41, 5.74) is 3.43. The summed E-state index contributed by atoms with van der Waals surface area (Å²) in [5, 5.41) is 2.86. The van der Waals surface area contributed by atoms with Crippen LogP contribution in [0.1, 0.15) is 48.8 Å². The minimum Gasteiger partial charge on any atom is -0.467 e. The second-order valence-electron chi connectivity index (χ2n) is 6.62. The normalized spacial score (nSPS) is 16.1. The fraction of sp³-hybridized carbons (Fsp3) is 0.579. The van der Waals surface area contributed by atoms with Gasteiger partial charge in [0.25, 0.3) is 0 Å². The Labute approximate surface area is 138 Å². The Morgan fingerprint density at radius 1 is 1.22 bits per heavy atom. The van der Waals surface area contributed by atoms with E-state index in [0.717, 1.165) is 18.4 Å². The van der Waals surface area contributed by atoms with Crippen molar-refractivity contribution in [1.82, 2.24) is 5.32 Å². The van der Waals surface area contributed by atoms with Crippen molar-refractivity contribution in [2.24, 2.45) is 5.92 Å². The van der Waals surface area contributed by atoms with Crippen LogP contribution in [-0.2, 0) is 20.7 Å². The molecule has 0 aliphatic heterocycles. The molecule has 1 atom stereocenters. The number of aryl methyl sites for hydroxylation is 2. The third-order valence-corrected chi connectivity index (χ3v) is 4.78. The lowest BCUT2D eigenvalue weighted by Crippen LogP contribution is -2.43. The molecule has 0 radical (unpaired) electrons. The van der Waals surface area contributed by atoms with Gasteiger partial charge in [0.1, 0.15) is 6.04 Å². The Kier molecular flexibility index (Phi) is 6.20. The third-order valence-electron chi connectivity index (χ3n) is 4.78. The van der Waals surface area contributed by atoms with Gasteiger partial charge in [0.2, 0.25) is 5.91 Å². The van der Waals surface area contributed by atoms with E-state index in [2.05, 4.69) is 18.3 Å². The van der Waals surface area contributed by atoms with Crippen molar-refractivity contribution in [1.29, 1.82) is 0 Å². The van der Waals surface area contributed by atoms with Gasteiger partial charge < -0.3 is 10.1 Å². The van der Waals surface area contributed by atoms with Gasteiger partial charge in [-0.2, -0.15) is 0 Å². The molecule has 1 aliphatic carbocycles. The average molecular weight is 317 g/mol. The molecule has 0 heterocycles. The molecule has 23 heavy (non-hydrogen) atoms. The number of rotatable bonds is 6. The zero-order valence-electron chi connectivity index (χ0n) is 14.4. The molecule has 2 rings (SSSR count). The summed E-state index contributed by atoms with van der Waals surface area (Å²) in [5.74, 6) is 0.0362. The molecule has 0 unspecified atom stereocenters. The summed E-state index contributed by atoms with van der Waals surface area (Å²) >= 11 is 0. The predicted molar refractivity (Wildman–Crippen MR) is 90.1 cm³/mol. The lowest BCUT2D eigenvalue weighted by atomic mass is 10.00. The smallest absolute Gasteiger partial charge is 0.328 e. The SMILES string of the molecule is COC(=O)[C@@H](Cc1ccc(C)c(C)c1)NC(=O)CC1CCCC1. The topological polar surface area (TPSA) is 55.4 Å². The fourth-order valence-electron chi connectivity index (χ4n) is 3.23. The Bertz CT molecular complexity index is 562. The fourth-order valence-corrected chi connectivity index (χ4v) is 3.23. The number of methoxy groups -OCH3 is 1. The van der Waals surface area contributed by atoms with Gasteiger partial charge in [0, 0.05) is 12.8 Å². The van der Waals surface area contributed by atoms with E-state index in [9.17, 15) is 9.59 Å². The monoisotopic (exact) mass is 317 g/mol. The van der Waals surface area contributed by atoms with Crippen LogP contribution in [0.4, 0.5) is 0 Å². The van der Waals surface area contributed by atoms with E-state index in [1.54, 1.807) is 0 Å². The number of carbonyl (C=O) groups excluding carboxylic acids is 2. The number of ether oxygens (including phenoxy) is 1. The zero-order chi connectivity index (χ0) is 16.8. The number of carbonyl (C=O) groups is 2. The second-order valence-corrected chi connectivity index (χ2v) is 6.62. The van der Waals surface area contributed by atoms with Gasteiger partial charge >= 0.3 is 5.97 Å². The maximum Gasteiger partial charge on any atom is 0.328 e. The van der Waals surface area contributed by atoms with Gasteiger partial charge in [0.05, 0.1) is 7.11 Å². The molecule has 0 aromatic heterocycles. The van der Waals surface area contributed by atoms with Gasteiger partial charge in [-0.15, -0.1) is 0 Å². The van der Waals surface area contributed by atoms with Crippen LogP contribution in [0.3, 0.4) is 0 Å². The standard InChI is InChI=1S/C19H27NO3/c1-13-8-9-16(10-14(13)2)11-17(19(22)23-3)20-18(21)12-15-6-4-5-7-15/h8-10,15,17H,4-7,11-12H2,1-3H3,(H,20,21)/t17-/m1/s1. The van der Waals surface area contributed by atoms with E-state index in [1.165, 1.54) is 31.1 Å². The van der Waals surface area contributed by atoms with E-state index in [4.69, 9.17) is 4.74 Å². The average Bonchev–Trinajstić information content (AvgIpc) is 3.02. The summed E-state index contributed by atoms with van der Waals surface area (Å²) in [6, 6.07) is 5.49. The van der Waals surface area contributed by atoms with E-state index < -0.39 is 6.04 Å². The van der Waals surface area contributed by atoms with Crippen molar-refractivity contribution in [3.8, 4) is 0 Å². The first-order valence-electron chi connectivity index (χ1n) is 8.43. The van der Waals surface area contributed by atoms with E-state index in [1.807, 2.05) is 19.1 Å². The van der Waals surface area contributed by atoms with Crippen molar-refractivity contribution in [2.75, 3.05) is 7.11 Å². The number of nitrogens with one attached hydrogen (secondary N) is 1. The molecule has 1 fully saturated rings. The van der Waals surface area contributed by atoms with Crippen LogP contribution in [0.2, 0.25) is 0 Å². The van der Waals surface area contributed by atoms with Gasteiger partial charge in [-0.1, -0.05) is 31.0 Å². The molecular formula is C19H27NO3. The number of hydrogen-bond donors (Lipinski definition) is 1. The summed E-state index contributed by atoms with van der Waals surface area (Å²) in [6.07, 6.45) is 5.63. The quantitative estimate of drug-likeness (QED) is 0.820. The molecule has 1 aromatic rings. The van der Waals surface area contributed by atoms with Crippen molar-refractivity contribution >= 4 is 11.9 Å². The van der Waals surface area contributed by atoms with Crippen molar-refractivity contribution in [3.63, 3.8) is 0 Å². The van der Waals surface area contributed by atoms with Crippen molar-refractivity contribution in [2.45, 2.75) is 58.4 Å². The Morgan fingerprint density at radius 2 is 1.91 bits per heavy atom. The van der Waals surface area contributed by atoms with Gasteiger partial charge in [-0.3, -0.25) is 4.79 Å². The Balaban J connectivity index is 1.99. The highest BCUT2D eigenvalue weighted by Gasteiger charge is 2.24. The summed E-state index contributed by atoms with van der Waals surface area (Å²) in [7, 11) is 1.36. The minimum absolute atomic E-state index is 0.0452. The molecular weight excluding hydrogens is 290 g/mol. The maximum absolute atomic E-state index is 12.2. The molecule has 1 aromatic carbocycles. The summed E-state index contributed by atoms with van der Waals surface area (Å²) < 4.78 is 4.86. The van der Waals surface area contributed by atoms with Gasteiger partial charge in [-0.05, 0) is 49.3 Å². The largest absolute Gasteiger partial charge is 0.467 e. The molecule has 0 spiro atoms. The van der Waals surface area contributed by atoms with Crippen LogP contribution in [0.25, 0.3) is 0 Å². The minimum atomic E-state index is -0.615. The third kappa shape index (κ3) is 5.08. The number of amides is 1. The van der Waals surface area contributed by atoms with E-state index >= 15 is 0 Å². The van der Waals surface area contributed by atoms with E-state index in [-0.39, 0.29) is 11.9 Å². The Morgan fingerprint density at radius 3 is 2.52 bits per heavy atom. The van der Waals surface area contributed by atoms with Crippen LogP contribution < -0.4 is 5.32 Å². The molecule has 4 heteroatoms. The lowest BCUT2D eigenvalue weighted by molar-refractivity contribution is -0.145. The van der Waals surface area contributed by atoms with Crippen LogP contribution in [0, 0.1) is 19.8 Å². The number of hydrogen-bond acceptors (Lipinski definition) is 3. The number of benzene rings is 1. The van der Waals surface area contributed by atoms with Crippen molar-refractivity contribution in [3.05, 3.63) is 34.9 Å². The highest BCUT2D eigenvalue weighted by atomic mass is 16.5. The summed E-state index contributed by atoms with van der Waals surface area (Å²) in [6.45, 7) is 4.10. The lowest BCUT2D eigenvalue weighted by Gasteiger charge is -2.18. The molecule has 1 aliphatic rings. The molecule has 0 saturated heterocycles. The predicted octanol–water partition coefficient (Wildman–Crippen LogP) is 3.08. The molecule has 1 saturated carbocycles. The summed E-state index contributed by atoms with van der Waals surface area (Å²) in [4.78, 5) is 24.2. The highest BCUT2D eigenvalue weighted by Crippen LogP contribution is 2.27. The van der Waals surface area contributed by atoms with Crippen LogP contribution >= 0.6 is 0 Å². The van der Waals surface area contributed by atoms with Crippen LogP contribution in [0.5, 0.6) is 0 Å². The van der Waals surface area contributed by atoms with Crippen molar-refractivity contribution < 1.29 is 14.3 Å². The first kappa shape index (κ1) is 17.5. The van der Waals surface area contributed by atoms with E-state index in [0.29, 0.717) is 18.8 Å². The second kappa shape index (κ2) is 8.14. The first-order valence-corrected chi connectivity index (χ1v) is 8.43. The molecule has 4 nitrogen and oxygen atoms in total. The highest BCUT2D eigenvalue weighted by molar-refractivity contribution is 5.84. The van der Waals surface area contributed by atoms with Crippen LogP contribution in [-0.4, -0.2) is 25.0 Å². The van der Waals surface area contributed by atoms with Gasteiger partial charge in [0.15, 0.2) is 0 Å². The maximum atomic E-state index is 12.2.